The van der Waals surface area contributed by atoms with Crippen molar-refractivity contribution in [1.29, 1.82) is 0 Å². The molecule has 0 saturated heterocycles. The zero-order valence-corrected chi connectivity index (χ0v) is 11.1. The molecule has 0 aromatic heterocycles. The lowest BCUT2D eigenvalue weighted by Crippen LogP contribution is -2.46. The smallest absolute Gasteiger partial charge is 0.326 e. The Bertz CT molecular complexity index is 282. The number of carboxylic acid groups (broad SMARTS) is 1. The van der Waals surface area contributed by atoms with E-state index in [0.717, 1.165) is 12.0 Å². The second kappa shape index (κ2) is 8.92. The first kappa shape index (κ1) is 15.8. The molecule has 17 heavy (non-hydrogen) atoms. The average molecular weight is 260 g/mol. The van der Waals surface area contributed by atoms with Gasteiger partial charge >= 0.3 is 12.0 Å². The normalized spacial score (nSPS) is 11.6. The van der Waals surface area contributed by atoms with Crippen molar-refractivity contribution in [3.05, 3.63) is 12.2 Å². The summed E-state index contributed by atoms with van der Waals surface area (Å²) in [5.41, 5.74) is 0.899. The lowest BCUT2D eigenvalue weighted by molar-refractivity contribution is -0.139. The molecule has 6 heteroatoms. The fraction of sp³-hybridized carbons (Fsp3) is 0.636. The highest BCUT2D eigenvalue weighted by molar-refractivity contribution is 7.98. The zero-order valence-electron chi connectivity index (χ0n) is 10.3. The molecule has 0 aliphatic carbocycles. The van der Waals surface area contributed by atoms with Crippen LogP contribution in [0.3, 0.4) is 0 Å². The second-order valence-electron chi connectivity index (χ2n) is 3.60. The maximum Gasteiger partial charge on any atom is 0.326 e. The van der Waals surface area contributed by atoms with Crippen LogP contribution < -0.4 is 10.6 Å². The first-order chi connectivity index (χ1) is 8.01. The number of aliphatic carboxylic acids is 1. The Morgan fingerprint density at radius 2 is 2.12 bits per heavy atom. The van der Waals surface area contributed by atoms with Crippen LogP contribution in [0, 0.1) is 0 Å². The van der Waals surface area contributed by atoms with Gasteiger partial charge in [-0.2, -0.15) is 11.8 Å². The minimum atomic E-state index is -1.01. The van der Waals surface area contributed by atoms with E-state index in [1.165, 1.54) is 0 Å². The Labute approximate surface area is 106 Å². The van der Waals surface area contributed by atoms with Gasteiger partial charge in [0.15, 0.2) is 0 Å². The summed E-state index contributed by atoms with van der Waals surface area (Å²) in [6.07, 6.45) is 3.10. The summed E-state index contributed by atoms with van der Waals surface area (Å²) in [7, 11) is 0. The number of carboxylic acids is 1. The van der Waals surface area contributed by atoms with Crippen molar-refractivity contribution >= 4 is 23.8 Å². The van der Waals surface area contributed by atoms with Gasteiger partial charge in [0.2, 0.25) is 0 Å². The number of amides is 2. The topological polar surface area (TPSA) is 78.4 Å². The average Bonchev–Trinajstić information content (AvgIpc) is 2.30. The third-order valence-corrected chi connectivity index (χ3v) is 2.86. The van der Waals surface area contributed by atoms with Crippen molar-refractivity contribution < 1.29 is 14.7 Å². The lowest BCUT2D eigenvalue weighted by Gasteiger charge is -2.14. The third kappa shape index (κ3) is 7.68. The zero-order chi connectivity index (χ0) is 13.3. The molecule has 2 amide bonds. The largest absolute Gasteiger partial charge is 0.480 e. The van der Waals surface area contributed by atoms with Gasteiger partial charge < -0.3 is 15.7 Å². The monoisotopic (exact) mass is 260 g/mol. The minimum absolute atomic E-state index is 0.372. The Morgan fingerprint density at radius 3 is 2.59 bits per heavy atom. The Balaban J connectivity index is 4.03. The van der Waals surface area contributed by atoms with E-state index in [4.69, 9.17) is 5.11 Å². The summed E-state index contributed by atoms with van der Waals surface area (Å²) in [5, 5.41) is 13.9. The maximum atomic E-state index is 11.4. The molecule has 0 saturated carbocycles. The van der Waals surface area contributed by atoms with Crippen LogP contribution in [0.1, 0.15) is 19.8 Å². The number of nitrogens with one attached hydrogen (secondary N) is 2. The van der Waals surface area contributed by atoms with Gasteiger partial charge in [-0.15, -0.1) is 0 Å². The highest BCUT2D eigenvalue weighted by Crippen LogP contribution is 2.01. The van der Waals surface area contributed by atoms with Gasteiger partial charge in [-0.1, -0.05) is 19.1 Å². The van der Waals surface area contributed by atoms with Crippen molar-refractivity contribution in [3.63, 3.8) is 0 Å². The lowest BCUT2D eigenvalue weighted by atomic mass is 10.2. The molecule has 0 aliphatic heterocycles. The highest BCUT2D eigenvalue weighted by atomic mass is 32.2. The number of hydrogen-bond donors (Lipinski definition) is 3. The van der Waals surface area contributed by atoms with Crippen LogP contribution >= 0.6 is 11.8 Å². The number of hydrogen-bond acceptors (Lipinski definition) is 3. The molecule has 0 fully saturated rings. The highest BCUT2D eigenvalue weighted by Gasteiger charge is 2.18. The van der Waals surface area contributed by atoms with Crippen LogP contribution in [0.25, 0.3) is 0 Å². The summed E-state index contributed by atoms with van der Waals surface area (Å²) in [4.78, 5) is 22.3. The Hall–Kier alpha value is -1.17. The van der Waals surface area contributed by atoms with Crippen LogP contribution in [0.2, 0.25) is 0 Å². The minimum Gasteiger partial charge on any atom is -0.480 e. The molecule has 1 atom stereocenters. The van der Waals surface area contributed by atoms with Crippen molar-refractivity contribution in [2.45, 2.75) is 25.8 Å². The molecular formula is C11H20N2O3S. The molecule has 0 rings (SSSR count). The number of carbonyl (C=O) groups is 2. The van der Waals surface area contributed by atoms with Crippen molar-refractivity contribution in [1.82, 2.24) is 10.6 Å². The van der Waals surface area contributed by atoms with E-state index in [-0.39, 0.29) is 0 Å². The van der Waals surface area contributed by atoms with Crippen LogP contribution in [0.5, 0.6) is 0 Å². The molecule has 0 bridgehead atoms. The molecule has 3 N–H and O–H groups in total. The molecule has 1 unspecified atom stereocenters. The molecule has 5 nitrogen and oxygen atoms in total. The van der Waals surface area contributed by atoms with E-state index in [1.807, 2.05) is 13.2 Å². The number of thioether (sulfide) groups is 1. The quantitative estimate of drug-likeness (QED) is 0.577. The summed E-state index contributed by atoms with van der Waals surface area (Å²) in [6.45, 7) is 6.06. The van der Waals surface area contributed by atoms with Crippen LogP contribution in [-0.2, 0) is 4.79 Å². The standard InChI is InChI=1S/C11H20N2O3S/c1-4-8(2)7-12-11(16)13-9(10(14)15)5-6-17-3/h9H,2,4-7H2,1,3H3,(H,14,15)(H2,12,13,16). The van der Waals surface area contributed by atoms with E-state index in [9.17, 15) is 9.59 Å². The fourth-order valence-electron chi connectivity index (χ4n) is 1.03. The summed E-state index contributed by atoms with van der Waals surface area (Å²) >= 11 is 1.55. The van der Waals surface area contributed by atoms with E-state index in [2.05, 4.69) is 17.2 Å². The molecule has 0 aromatic carbocycles. The van der Waals surface area contributed by atoms with E-state index < -0.39 is 18.0 Å². The first-order valence-electron chi connectivity index (χ1n) is 5.44. The van der Waals surface area contributed by atoms with Crippen LogP contribution in [0.15, 0.2) is 12.2 Å². The SMILES string of the molecule is C=C(CC)CNC(=O)NC(CCSC)C(=O)O. The molecule has 0 aromatic rings. The van der Waals surface area contributed by atoms with E-state index in [0.29, 0.717) is 18.7 Å². The van der Waals surface area contributed by atoms with Gasteiger partial charge in [-0.05, 0) is 24.9 Å². The van der Waals surface area contributed by atoms with Gasteiger partial charge in [-0.3, -0.25) is 0 Å². The summed E-state index contributed by atoms with van der Waals surface area (Å²) in [5.74, 6) is -0.317. The molecule has 98 valence electrons. The Kier molecular flexibility index (Phi) is 8.31. The van der Waals surface area contributed by atoms with Crippen molar-refractivity contribution in [2.75, 3.05) is 18.6 Å². The summed E-state index contributed by atoms with van der Waals surface area (Å²) in [6, 6.07) is -1.30. The van der Waals surface area contributed by atoms with Crippen molar-refractivity contribution in [3.8, 4) is 0 Å². The molecule has 0 heterocycles. The molecule has 0 radical (unpaired) electrons. The fourth-order valence-corrected chi connectivity index (χ4v) is 1.50. The van der Waals surface area contributed by atoms with E-state index in [1.54, 1.807) is 11.8 Å². The van der Waals surface area contributed by atoms with Gasteiger partial charge in [0.25, 0.3) is 0 Å². The van der Waals surface area contributed by atoms with Crippen LogP contribution in [-0.4, -0.2) is 41.7 Å². The van der Waals surface area contributed by atoms with Crippen molar-refractivity contribution in [2.24, 2.45) is 0 Å². The van der Waals surface area contributed by atoms with Gasteiger partial charge in [0, 0.05) is 6.54 Å². The van der Waals surface area contributed by atoms with Gasteiger partial charge in [0.05, 0.1) is 0 Å². The number of rotatable bonds is 8. The number of urea groups is 1. The maximum absolute atomic E-state index is 11.4. The number of carbonyl (C=O) groups excluding carboxylic acids is 1. The van der Waals surface area contributed by atoms with Gasteiger partial charge in [-0.25, -0.2) is 9.59 Å². The van der Waals surface area contributed by atoms with Crippen LogP contribution in [0.4, 0.5) is 4.79 Å². The third-order valence-electron chi connectivity index (χ3n) is 2.21. The molecule has 0 aliphatic rings. The van der Waals surface area contributed by atoms with E-state index >= 15 is 0 Å². The first-order valence-corrected chi connectivity index (χ1v) is 6.83. The predicted molar refractivity (Wildman–Crippen MR) is 70.4 cm³/mol. The second-order valence-corrected chi connectivity index (χ2v) is 4.59. The summed E-state index contributed by atoms with van der Waals surface area (Å²) < 4.78 is 0. The van der Waals surface area contributed by atoms with Gasteiger partial charge in [0.1, 0.15) is 6.04 Å². The Morgan fingerprint density at radius 1 is 1.47 bits per heavy atom. The predicted octanol–water partition coefficient (Wildman–Crippen LogP) is 1.46. The molecular weight excluding hydrogens is 240 g/mol. The molecule has 0 spiro atoms.